The summed E-state index contributed by atoms with van der Waals surface area (Å²) in [6.45, 7) is 0.550. The molecule has 3 rings (SSSR count). The summed E-state index contributed by atoms with van der Waals surface area (Å²) in [5.74, 6) is -1.79. The van der Waals surface area contributed by atoms with Crippen molar-refractivity contribution in [2.24, 2.45) is 5.92 Å². The van der Waals surface area contributed by atoms with Gasteiger partial charge in [0.25, 0.3) is 11.5 Å². The van der Waals surface area contributed by atoms with Crippen molar-refractivity contribution in [2.75, 3.05) is 13.1 Å². The van der Waals surface area contributed by atoms with E-state index in [1.54, 1.807) is 24.3 Å². The predicted molar refractivity (Wildman–Crippen MR) is 74.0 cm³/mol. The number of nitrogens with zero attached hydrogens (tertiary/aromatic N) is 2. The van der Waals surface area contributed by atoms with Crippen molar-refractivity contribution in [3.05, 3.63) is 40.3 Å². The van der Waals surface area contributed by atoms with Crippen molar-refractivity contribution in [3.63, 3.8) is 0 Å². The first-order valence-corrected chi connectivity index (χ1v) is 6.57. The smallest absolute Gasteiger partial charge is 0.308 e. The molecule has 2 heterocycles. The number of carboxylic acids is 1. The molecular formula is C14H13N3O4. The van der Waals surface area contributed by atoms with Crippen LogP contribution in [0.4, 0.5) is 0 Å². The van der Waals surface area contributed by atoms with Gasteiger partial charge in [-0.2, -0.15) is 5.10 Å². The molecule has 7 heteroatoms. The number of carboxylic acid groups (broad SMARTS) is 1. The average Bonchev–Trinajstić information content (AvgIpc) is 2.97. The van der Waals surface area contributed by atoms with Crippen LogP contribution >= 0.6 is 0 Å². The number of hydrogen-bond acceptors (Lipinski definition) is 4. The van der Waals surface area contributed by atoms with Crippen molar-refractivity contribution in [1.82, 2.24) is 15.1 Å². The van der Waals surface area contributed by atoms with E-state index in [1.807, 2.05) is 0 Å². The summed E-state index contributed by atoms with van der Waals surface area (Å²) in [6, 6.07) is 6.72. The number of fused-ring (bicyclic) bond motifs is 1. The highest BCUT2D eigenvalue weighted by Crippen LogP contribution is 2.20. The molecular weight excluding hydrogens is 274 g/mol. The monoisotopic (exact) mass is 287 g/mol. The van der Waals surface area contributed by atoms with Gasteiger partial charge in [0.05, 0.1) is 11.3 Å². The Kier molecular flexibility index (Phi) is 3.17. The second-order valence-corrected chi connectivity index (χ2v) is 5.02. The highest BCUT2D eigenvalue weighted by Gasteiger charge is 2.32. The maximum absolute atomic E-state index is 12.5. The molecule has 1 aromatic carbocycles. The molecule has 2 aromatic rings. The van der Waals surface area contributed by atoms with Crippen LogP contribution in [0.1, 0.15) is 16.9 Å². The highest BCUT2D eigenvalue weighted by molar-refractivity contribution is 6.04. The number of hydrogen-bond donors (Lipinski definition) is 2. The molecule has 0 saturated carbocycles. The Morgan fingerprint density at radius 3 is 2.67 bits per heavy atom. The van der Waals surface area contributed by atoms with E-state index in [0.717, 1.165) is 0 Å². The maximum atomic E-state index is 12.5. The van der Waals surface area contributed by atoms with Crippen molar-refractivity contribution in [2.45, 2.75) is 6.42 Å². The Labute approximate surface area is 119 Å². The maximum Gasteiger partial charge on any atom is 0.308 e. The van der Waals surface area contributed by atoms with Gasteiger partial charge in [-0.1, -0.05) is 18.2 Å². The lowest BCUT2D eigenvalue weighted by atomic mass is 10.1. The molecule has 21 heavy (non-hydrogen) atoms. The minimum absolute atomic E-state index is 0.149. The van der Waals surface area contributed by atoms with Gasteiger partial charge in [-0.05, 0) is 12.5 Å². The number of aliphatic carboxylic acids is 1. The Balaban J connectivity index is 1.98. The molecule has 1 atom stereocenters. The third kappa shape index (κ3) is 2.26. The van der Waals surface area contributed by atoms with Gasteiger partial charge in [-0.25, -0.2) is 5.10 Å². The van der Waals surface area contributed by atoms with Crippen LogP contribution in [0.25, 0.3) is 10.8 Å². The summed E-state index contributed by atoms with van der Waals surface area (Å²) in [5.41, 5.74) is -0.205. The molecule has 1 amide bonds. The molecule has 0 radical (unpaired) electrons. The standard InChI is InChI=1S/C14H13N3O4/c18-12-10-4-2-1-3-9(10)11(15-16-12)13(19)17-6-5-8(7-17)14(20)21/h1-4,8H,5-7H2,(H,16,18)(H,20,21). The largest absolute Gasteiger partial charge is 0.481 e. The summed E-state index contributed by atoms with van der Waals surface area (Å²) in [6.07, 6.45) is 0.433. The third-order valence-corrected chi connectivity index (χ3v) is 3.72. The Hall–Kier alpha value is -2.70. The number of amides is 1. The predicted octanol–water partition coefficient (Wildman–Crippen LogP) is 0.470. The lowest BCUT2D eigenvalue weighted by Crippen LogP contribution is -2.31. The first-order chi connectivity index (χ1) is 10.1. The van der Waals surface area contributed by atoms with Crippen molar-refractivity contribution < 1.29 is 14.7 Å². The van der Waals surface area contributed by atoms with Gasteiger partial charge in [0, 0.05) is 18.5 Å². The van der Waals surface area contributed by atoms with Gasteiger partial charge >= 0.3 is 5.97 Å². The number of H-pyrrole nitrogens is 1. The SMILES string of the molecule is O=C(O)C1CCN(C(=O)c2n[nH]c(=O)c3ccccc23)C1. The second kappa shape index (κ2) is 5.01. The Bertz CT molecular complexity index is 783. The number of carbonyl (C=O) groups excluding carboxylic acids is 1. The molecule has 2 N–H and O–H groups in total. The summed E-state index contributed by atoms with van der Waals surface area (Å²) >= 11 is 0. The van der Waals surface area contributed by atoms with E-state index in [-0.39, 0.29) is 23.7 Å². The minimum atomic E-state index is -0.899. The average molecular weight is 287 g/mol. The number of carbonyl (C=O) groups is 2. The second-order valence-electron chi connectivity index (χ2n) is 5.02. The van der Waals surface area contributed by atoms with Crippen LogP contribution < -0.4 is 5.56 Å². The van der Waals surface area contributed by atoms with Gasteiger partial charge < -0.3 is 10.0 Å². The van der Waals surface area contributed by atoms with E-state index in [2.05, 4.69) is 10.2 Å². The summed E-state index contributed by atoms with van der Waals surface area (Å²) in [7, 11) is 0. The van der Waals surface area contributed by atoms with E-state index in [9.17, 15) is 14.4 Å². The molecule has 1 aliphatic rings. The molecule has 108 valence electrons. The summed E-state index contributed by atoms with van der Waals surface area (Å²) in [4.78, 5) is 36.6. The highest BCUT2D eigenvalue weighted by atomic mass is 16.4. The van der Waals surface area contributed by atoms with E-state index >= 15 is 0 Å². The molecule has 0 bridgehead atoms. The fourth-order valence-corrected chi connectivity index (χ4v) is 2.57. The lowest BCUT2D eigenvalue weighted by molar-refractivity contribution is -0.141. The lowest BCUT2D eigenvalue weighted by Gasteiger charge is -2.15. The van der Waals surface area contributed by atoms with Crippen molar-refractivity contribution >= 4 is 22.6 Å². The minimum Gasteiger partial charge on any atom is -0.481 e. The number of rotatable bonds is 2. The zero-order valence-corrected chi connectivity index (χ0v) is 11.1. The molecule has 0 spiro atoms. The third-order valence-electron chi connectivity index (χ3n) is 3.72. The van der Waals surface area contributed by atoms with Gasteiger partial charge in [0.15, 0.2) is 5.69 Å². The zero-order chi connectivity index (χ0) is 15.0. The summed E-state index contributed by atoms with van der Waals surface area (Å²) in [5, 5.41) is 16.0. The van der Waals surface area contributed by atoms with Crippen LogP contribution in [0, 0.1) is 5.92 Å². The van der Waals surface area contributed by atoms with Crippen molar-refractivity contribution in [1.29, 1.82) is 0 Å². The Morgan fingerprint density at radius 1 is 1.29 bits per heavy atom. The van der Waals surface area contributed by atoms with Gasteiger partial charge in [-0.15, -0.1) is 0 Å². The summed E-state index contributed by atoms with van der Waals surface area (Å²) < 4.78 is 0. The van der Waals surface area contributed by atoms with E-state index in [1.165, 1.54) is 4.90 Å². The van der Waals surface area contributed by atoms with Crippen LogP contribution in [0.3, 0.4) is 0 Å². The normalized spacial score (nSPS) is 18.1. The number of aromatic nitrogens is 2. The van der Waals surface area contributed by atoms with E-state index in [0.29, 0.717) is 23.7 Å². The van der Waals surface area contributed by atoms with Crippen LogP contribution in [-0.4, -0.2) is 45.2 Å². The molecule has 0 aliphatic carbocycles. The fourth-order valence-electron chi connectivity index (χ4n) is 2.57. The number of benzene rings is 1. The van der Waals surface area contributed by atoms with E-state index < -0.39 is 11.9 Å². The van der Waals surface area contributed by atoms with Gasteiger partial charge in [-0.3, -0.25) is 14.4 Å². The molecule has 1 saturated heterocycles. The van der Waals surface area contributed by atoms with Gasteiger partial charge in [0.2, 0.25) is 0 Å². The molecule has 7 nitrogen and oxygen atoms in total. The fraction of sp³-hybridized carbons (Fsp3) is 0.286. The molecule has 1 aliphatic heterocycles. The first-order valence-electron chi connectivity index (χ1n) is 6.57. The van der Waals surface area contributed by atoms with Crippen LogP contribution in [0.2, 0.25) is 0 Å². The topological polar surface area (TPSA) is 103 Å². The quantitative estimate of drug-likeness (QED) is 0.835. The Morgan fingerprint density at radius 2 is 2.00 bits per heavy atom. The van der Waals surface area contributed by atoms with Crippen LogP contribution in [0.5, 0.6) is 0 Å². The van der Waals surface area contributed by atoms with Crippen LogP contribution in [0.15, 0.2) is 29.1 Å². The number of likely N-dealkylation sites (tertiary alicyclic amines) is 1. The number of nitrogens with one attached hydrogen (secondary N) is 1. The van der Waals surface area contributed by atoms with Gasteiger partial charge in [0.1, 0.15) is 0 Å². The first kappa shape index (κ1) is 13.3. The van der Waals surface area contributed by atoms with Crippen LogP contribution in [-0.2, 0) is 4.79 Å². The zero-order valence-electron chi connectivity index (χ0n) is 11.1. The van der Waals surface area contributed by atoms with E-state index in [4.69, 9.17) is 5.11 Å². The van der Waals surface area contributed by atoms with Crippen molar-refractivity contribution in [3.8, 4) is 0 Å². The molecule has 1 unspecified atom stereocenters. The number of aromatic amines is 1. The molecule has 1 aromatic heterocycles. The molecule has 1 fully saturated rings.